The molecule has 0 aliphatic rings. The summed E-state index contributed by atoms with van der Waals surface area (Å²) >= 11 is 7.90. The van der Waals surface area contributed by atoms with Gasteiger partial charge in [0.15, 0.2) is 0 Å². The van der Waals surface area contributed by atoms with Gasteiger partial charge in [-0.1, -0.05) is 0 Å². The van der Waals surface area contributed by atoms with Crippen molar-refractivity contribution in [2.45, 2.75) is 12.8 Å². The Morgan fingerprint density at radius 3 is 1.88 bits per heavy atom. The zero-order chi connectivity index (χ0) is 4.83. The maximum absolute atomic E-state index is 4.00. The number of rotatable bonds is 3. The first kappa shape index (κ1) is 16.5. The molecule has 0 nitrogen and oxygen atoms in total. The fourth-order valence-corrected chi connectivity index (χ4v) is 0.548. The molecule has 0 atom stereocenters. The normalized spacial score (nSPS) is 6.75. The number of hydrogen-bond acceptors (Lipinski definition) is 2. The van der Waals surface area contributed by atoms with E-state index < -0.39 is 0 Å². The van der Waals surface area contributed by atoms with Gasteiger partial charge in [0.1, 0.15) is 0 Å². The molecule has 0 fully saturated rings. The summed E-state index contributed by atoms with van der Waals surface area (Å²) < 4.78 is 0. The van der Waals surface area contributed by atoms with E-state index in [4.69, 9.17) is 0 Å². The van der Waals surface area contributed by atoms with Crippen LogP contribution in [0.4, 0.5) is 0 Å². The SMILES string of the molecule is S[CH]CCCS.[LiH].[LiH]. The van der Waals surface area contributed by atoms with Crippen LogP contribution in [0.2, 0.25) is 0 Å². The molecule has 0 rings (SSSR count). The molecule has 0 aliphatic carbocycles. The quantitative estimate of drug-likeness (QED) is 0.316. The summed E-state index contributed by atoms with van der Waals surface area (Å²) in [7, 11) is 0. The Labute approximate surface area is 86.7 Å². The van der Waals surface area contributed by atoms with Crippen molar-refractivity contribution in [1.29, 1.82) is 0 Å². The van der Waals surface area contributed by atoms with Crippen LogP contribution in [0.1, 0.15) is 12.8 Å². The van der Waals surface area contributed by atoms with E-state index in [-0.39, 0.29) is 37.7 Å². The third kappa shape index (κ3) is 15.7. The Balaban J connectivity index is -0.000000125. The Bertz CT molecular complexity index is 24.0. The van der Waals surface area contributed by atoms with Crippen molar-refractivity contribution in [1.82, 2.24) is 0 Å². The van der Waals surface area contributed by atoms with E-state index in [9.17, 15) is 0 Å². The molecule has 0 spiro atoms. The first-order valence-corrected chi connectivity index (χ1v) is 3.13. The van der Waals surface area contributed by atoms with Gasteiger partial charge in [-0.15, -0.1) is 0 Å². The van der Waals surface area contributed by atoms with Crippen LogP contribution >= 0.6 is 25.3 Å². The fraction of sp³-hybridized carbons (Fsp3) is 0.750. The third-order valence-electron chi connectivity index (χ3n) is 0.491. The summed E-state index contributed by atoms with van der Waals surface area (Å²) in [5.74, 6) is 2.83. The van der Waals surface area contributed by atoms with E-state index >= 15 is 0 Å². The summed E-state index contributed by atoms with van der Waals surface area (Å²) in [5, 5.41) is 0. The Kier molecular flexibility index (Phi) is 32.8. The van der Waals surface area contributed by atoms with E-state index in [0.29, 0.717) is 0 Å². The van der Waals surface area contributed by atoms with Crippen LogP contribution in [0.3, 0.4) is 0 Å². The van der Waals surface area contributed by atoms with Crippen molar-refractivity contribution in [3.63, 3.8) is 0 Å². The van der Waals surface area contributed by atoms with Crippen molar-refractivity contribution in [3.8, 4) is 0 Å². The number of unbranched alkanes of at least 4 members (excludes halogenated alkanes) is 1. The Morgan fingerprint density at radius 1 is 1.25 bits per heavy atom. The molecule has 0 aromatic carbocycles. The van der Waals surface area contributed by atoms with Crippen molar-refractivity contribution in [2.24, 2.45) is 0 Å². The zero-order valence-electron chi connectivity index (χ0n) is 3.59. The standard InChI is InChI=1S/C4H9S2.2Li.2H/c5-3-1-2-4-6;;;;/h3,5-6H,1-2,4H2;;;;. The predicted molar refractivity (Wildman–Crippen MR) is 50.7 cm³/mol. The molecule has 0 aromatic rings. The summed E-state index contributed by atoms with van der Waals surface area (Å²) in [6.07, 6.45) is 2.22. The van der Waals surface area contributed by atoms with E-state index in [1.165, 1.54) is 0 Å². The van der Waals surface area contributed by atoms with Crippen molar-refractivity contribution < 1.29 is 0 Å². The van der Waals surface area contributed by atoms with Crippen LogP contribution in [0.25, 0.3) is 0 Å². The van der Waals surface area contributed by atoms with Gasteiger partial charge in [0.2, 0.25) is 0 Å². The van der Waals surface area contributed by atoms with E-state index in [2.05, 4.69) is 25.3 Å². The summed E-state index contributed by atoms with van der Waals surface area (Å²) in [6, 6.07) is 0. The third-order valence-corrected chi connectivity index (χ3v) is 1.07. The van der Waals surface area contributed by atoms with Crippen molar-refractivity contribution in [3.05, 3.63) is 5.75 Å². The average molecular weight is 137 g/mol. The van der Waals surface area contributed by atoms with E-state index in [1.807, 2.05) is 5.75 Å². The molecule has 8 heavy (non-hydrogen) atoms. The molecule has 0 bridgehead atoms. The van der Waals surface area contributed by atoms with Crippen LogP contribution in [0, 0.1) is 5.75 Å². The van der Waals surface area contributed by atoms with E-state index in [1.54, 1.807) is 0 Å². The Morgan fingerprint density at radius 2 is 1.75 bits per heavy atom. The van der Waals surface area contributed by atoms with Gasteiger partial charge in [0.25, 0.3) is 0 Å². The monoisotopic (exact) mass is 137 g/mol. The van der Waals surface area contributed by atoms with Crippen LogP contribution in [-0.4, -0.2) is 43.5 Å². The minimum absolute atomic E-state index is 0. The summed E-state index contributed by atoms with van der Waals surface area (Å²) in [6.45, 7) is 0. The molecule has 0 unspecified atom stereocenters. The first-order chi connectivity index (χ1) is 2.91. The minimum atomic E-state index is 0. The average Bonchev–Trinajstić information content (AvgIpc) is 1.61. The second-order valence-corrected chi connectivity index (χ2v) is 1.86. The fourth-order valence-electron chi connectivity index (χ4n) is 0.183. The molecular formula is C4H11Li2S2. The molecule has 4 heteroatoms. The van der Waals surface area contributed by atoms with Gasteiger partial charge in [-0.3, -0.25) is 0 Å². The van der Waals surface area contributed by atoms with E-state index in [0.717, 1.165) is 18.6 Å². The molecular weight excluding hydrogens is 126 g/mol. The van der Waals surface area contributed by atoms with Crippen LogP contribution in [0.15, 0.2) is 0 Å². The second kappa shape index (κ2) is 16.0. The van der Waals surface area contributed by atoms with Crippen molar-refractivity contribution in [2.75, 3.05) is 5.75 Å². The molecule has 0 heterocycles. The maximum atomic E-state index is 4.00. The van der Waals surface area contributed by atoms with Gasteiger partial charge in [-0.05, 0) is 18.6 Å². The van der Waals surface area contributed by atoms with Gasteiger partial charge in [-0.2, -0.15) is 25.3 Å². The summed E-state index contributed by atoms with van der Waals surface area (Å²) in [5.41, 5.74) is 0. The molecule has 41 valence electrons. The van der Waals surface area contributed by atoms with Gasteiger partial charge in [0, 0.05) is 5.75 Å². The van der Waals surface area contributed by atoms with Gasteiger partial charge >= 0.3 is 37.7 Å². The molecule has 0 saturated heterocycles. The molecule has 0 saturated carbocycles. The predicted octanol–water partition coefficient (Wildman–Crippen LogP) is 0.491. The van der Waals surface area contributed by atoms with Crippen LogP contribution < -0.4 is 0 Å². The Hall–Kier alpha value is 1.89. The van der Waals surface area contributed by atoms with Gasteiger partial charge in [-0.25, -0.2) is 0 Å². The number of thiol groups is 2. The van der Waals surface area contributed by atoms with Gasteiger partial charge < -0.3 is 0 Å². The zero-order valence-corrected chi connectivity index (χ0v) is 5.38. The first-order valence-electron chi connectivity index (χ1n) is 1.98. The molecule has 0 N–H and O–H groups in total. The van der Waals surface area contributed by atoms with Crippen molar-refractivity contribution >= 4 is 63.0 Å². The molecule has 1 radical (unpaired) electrons. The van der Waals surface area contributed by atoms with Crippen LogP contribution in [0.5, 0.6) is 0 Å². The second-order valence-electron chi connectivity index (χ2n) is 1.05. The molecule has 0 aromatic heterocycles. The number of hydrogen-bond donors (Lipinski definition) is 2. The van der Waals surface area contributed by atoms with Crippen LogP contribution in [-0.2, 0) is 0 Å². The van der Waals surface area contributed by atoms with Gasteiger partial charge in [0.05, 0.1) is 0 Å². The molecule has 0 amide bonds. The molecule has 0 aliphatic heterocycles. The summed E-state index contributed by atoms with van der Waals surface area (Å²) in [4.78, 5) is 0. The topological polar surface area (TPSA) is 0 Å².